The van der Waals surface area contributed by atoms with E-state index in [1.165, 1.54) is 15.6 Å². The summed E-state index contributed by atoms with van der Waals surface area (Å²) in [5.41, 5.74) is -0.112. The maximum absolute atomic E-state index is 12.9. The summed E-state index contributed by atoms with van der Waals surface area (Å²) in [5, 5.41) is 5.09. The Labute approximate surface area is 129 Å². The Bertz CT molecular complexity index is 725. The van der Waals surface area contributed by atoms with Crippen LogP contribution in [-0.4, -0.2) is 42.2 Å². The first-order chi connectivity index (χ1) is 9.66. The lowest BCUT2D eigenvalue weighted by Crippen LogP contribution is -2.35. The van der Waals surface area contributed by atoms with Gasteiger partial charge in [0.15, 0.2) is 15.8 Å². The van der Waals surface area contributed by atoms with Crippen molar-refractivity contribution in [3.63, 3.8) is 0 Å². The molecule has 0 atom stereocenters. The molecule has 2 aromatic heterocycles. The van der Waals surface area contributed by atoms with Crippen LogP contribution in [0.25, 0.3) is 4.96 Å². The van der Waals surface area contributed by atoms with Gasteiger partial charge in [0.2, 0.25) is 0 Å². The largest absolute Gasteiger partial charge is 0.368 e. The summed E-state index contributed by atoms with van der Waals surface area (Å²) >= 11 is 1.42. The molecule has 6 nitrogen and oxygen atoms in total. The number of nitrogens with one attached hydrogen (secondary N) is 1. The molecule has 0 saturated heterocycles. The molecule has 0 radical (unpaired) electrons. The number of hydrogen-bond donors (Lipinski definition) is 1. The van der Waals surface area contributed by atoms with E-state index in [1.54, 1.807) is 17.6 Å². The van der Waals surface area contributed by atoms with Gasteiger partial charge in [-0.05, 0) is 12.3 Å². The zero-order chi connectivity index (χ0) is 15.8. The minimum absolute atomic E-state index is 0.112. The lowest BCUT2D eigenvalue weighted by atomic mass is 9.97. The second-order valence-electron chi connectivity index (χ2n) is 6.17. The van der Waals surface area contributed by atoms with Gasteiger partial charge in [0, 0.05) is 31.7 Å². The summed E-state index contributed by atoms with van der Waals surface area (Å²) in [7, 11) is -1.99. The first kappa shape index (κ1) is 16.3. The zero-order valence-electron chi connectivity index (χ0n) is 13.0. The first-order valence-electron chi connectivity index (χ1n) is 6.82. The number of anilines is 1. The third-order valence-electron chi connectivity index (χ3n) is 2.91. The molecule has 2 heterocycles. The van der Waals surface area contributed by atoms with Crippen molar-refractivity contribution >= 4 is 32.1 Å². The maximum atomic E-state index is 12.9. The molecule has 0 saturated carbocycles. The Balaban J connectivity index is 2.52. The van der Waals surface area contributed by atoms with Crippen molar-refractivity contribution in [2.24, 2.45) is 5.41 Å². The van der Waals surface area contributed by atoms with Gasteiger partial charge in [0.1, 0.15) is 0 Å². The molecule has 0 unspecified atom stereocenters. The van der Waals surface area contributed by atoms with E-state index in [9.17, 15) is 8.42 Å². The van der Waals surface area contributed by atoms with Crippen molar-refractivity contribution in [3.8, 4) is 0 Å². The van der Waals surface area contributed by atoms with Gasteiger partial charge in [0.25, 0.3) is 10.0 Å². The topological polar surface area (TPSA) is 66.7 Å². The minimum atomic E-state index is -3.60. The molecule has 0 aliphatic rings. The highest BCUT2D eigenvalue weighted by molar-refractivity contribution is 7.89. The van der Waals surface area contributed by atoms with Crippen molar-refractivity contribution in [2.75, 3.05) is 25.5 Å². The first-order valence-corrected chi connectivity index (χ1v) is 9.14. The summed E-state index contributed by atoms with van der Waals surface area (Å²) in [6.45, 7) is 9.03. The van der Waals surface area contributed by atoms with E-state index in [0.29, 0.717) is 23.9 Å². The highest BCUT2D eigenvalue weighted by atomic mass is 32.2. The number of sulfonamides is 1. The van der Waals surface area contributed by atoms with Crippen LogP contribution < -0.4 is 5.32 Å². The van der Waals surface area contributed by atoms with Crippen molar-refractivity contribution in [1.29, 1.82) is 0 Å². The predicted octanol–water partition coefficient (Wildman–Crippen LogP) is 2.49. The van der Waals surface area contributed by atoms with Gasteiger partial charge in [-0.1, -0.05) is 20.8 Å². The zero-order valence-corrected chi connectivity index (χ0v) is 14.7. The number of fused-ring (bicyclic) bond motifs is 1. The van der Waals surface area contributed by atoms with Gasteiger partial charge in [-0.25, -0.2) is 13.4 Å². The van der Waals surface area contributed by atoms with E-state index in [0.717, 1.165) is 0 Å². The molecule has 21 heavy (non-hydrogen) atoms. The number of imidazole rings is 1. The number of rotatable bonds is 5. The Morgan fingerprint density at radius 3 is 2.67 bits per heavy atom. The fourth-order valence-electron chi connectivity index (χ4n) is 2.19. The number of hydrogen-bond acceptors (Lipinski definition) is 5. The molecule has 0 spiro atoms. The average molecular weight is 330 g/mol. The Kier molecular flexibility index (Phi) is 4.32. The summed E-state index contributed by atoms with van der Waals surface area (Å²) < 4.78 is 28.9. The molecule has 0 aliphatic carbocycles. The molecule has 0 aromatic carbocycles. The Morgan fingerprint density at radius 1 is 1.43 bits per heavy atom. The Morgan fingerprint density at radius 2 is 2.10 bits per heavy atom. The summed E-state index contributed by atoms with van der Waals surface area (Å²) in [4.78, 5) is 5.05. The lowest BCUT2D eigenvalue weighted by molar-refractivity contribution is 0.310. The molecule has 0 amide bonds. The van der Waals surface area contributed by atoms with Crippen LogP contribution in [0, 0.1) is 5.41 Å². The minimum Gasteiger partial charge on any atom is -0.368 e. The molecular formula is C13H22N4O2S2. The van der Waals surface area contributed by atoms with E-state index in [4.69, 9.17) is 0 Å². The van der Waals surface area contributed by atoms with Crippen LogP contribution in [0.15, 0.2) is 16.6 Å². The van der Waals surface area contributed by atoms with Crippen LogP contribution in [0.5, 0.6) is 0 Å². The van der Waals surface area contributed by atoms with Crippen LogP contribution in [0.4, 0.5) is 5.82 Å². The normalized spacial score (nSPS) is 13.2. The van der Waals surface area contributed by atoms with E-state index in [1.807, 2.05) is 33.1 Å². The summed E-state index contributed by atoms with van der Waals surface area (Å²) in [5.74, 6) is 0.421. The lowest BCUT2D eigenvalue weighted by Gasteiger charge is -2.26. The Hall–Kier alpha value is -1.12. The molecule has 0 fully saturated rings. The SMILES string of the molecule is CCNc1nc2sccn2c1S(=O)(=O)N(C)CC(C)(C)C. The molecule has 0 bridgehead atoms. The molecular weight excluding hydrogens is 308 g/mol. The molecule has 8 heteroatoms. The van der Waals surface area contributed by atoms with Crippen molar-refractivity contribution < 1.29 is 8.42 Å². The molecule has 118 valence electrons. The van der Waals surface area contributed by atoms with Crippen LogP contribution in [-0.2, 0) is 10.0 Å². The van der Waals surface area contributed by atoms with Gasteiger partial charge < -0.3 is 5.32 Å². The average Bonchev–Trinajstić information content (AvgIpc) is 2.86. The van der Waals surface area contributed by atoms with E-state index in [2.05, 4.69) is 10.3 Å². The summed E-state index contributed by atoms with van der Waals surface area (Å²) in [6.07, 6.45) is 1.74. The molecule has 0 aliphatic heterocycles. The fraction of sp³-hybridized carbons (Fsp3) is 0.615. The van der Waals surface area contributed by atoms with Gasteiger partial charge in [-0.15, -0.1) is 11.3 Å². The molecule has 1 N–H and O–H groups in total. The third-order valence-corrected chi connectivity index (χ3v) is 5.50. The monoisotopic (exact) mass is 330 g/mol. The summed E-state index contributed by atoms with van der Waals surface area (Å²) in [6, 6.07) is 0. The van der Waals surface area contributed by atoms with Crippen molar-refractivity contribution in [2.45, 2.75) is 32.7 Å². The standard InChI is InChI=1S/C13H22N4O2S2/c1-6-14-10-11(17-7-8-20-12(17)15-10)21(18,19)16(5)9-13(2,3)4/h7-8,14H,6,9H2,1-5H3. The van der Waals surface area contributed by atoms with Gasteiger partial charge in [-0.2, -0.15) is 4.31 Å². The van der Waals surface area contributed by atoms with Gasteiger partial charge >= 0.3 is 0 Å². The molecule has 2 rings (SSSR count). The number of aromatic nitrogens is 2. The third kappa shape index (κ3) is 3.22. The molecule has 2 aromatic rings. The van der Waals surface area contributed by atoms with E-state index >= 15 is 0 Å². The highest BCUT2D eigenvalue weighted by Gasteiger charge is 2.31. The van der Waals surface area contributed by atoms with Crippen molar-refractivity contribution in [1.82, 2.24) is 13.7 Å². The quantitative estimate of drug-likeness (QED) is 0.914. The predicted molar refractivity (Wildman–Crippen MR) is 86.5 cm³/mol. The maximum Gasteiger partial charge on any atom is 0.262 e. The second kappa shape index (κ2) is 5.58. The van der Waals surface area contributed by atoms with E-state index in [-0.39, 0.29) is 10.4 Å². The van der Waals surface area contributed by atoms with Gasteiger partial charge in [-0.3, -0.25) is 4.40 Å². The fourth-order valence-corrected chi connectivity index (χ4v) is 4.58. The number of thiazole rings is 1. The highest BCUT2D eigenvalue weighted by Crippen LogP contribution is 2.29. The second-order valence-corrected chi connectivity index (χ2v) is 9.01. The number of nitrogens with zero attached hydrogens (tertiary/aromatic N) is 3. The van der Waals surface area contributed by atoms with E-state index < -0.39 is 10.0 Å². The van der Waals surface area contributed by atoms with Crippen LogP contribution in [0.2, 0.25) is 0 Å². The van der Waals surface area contributed by atoms with Crippen LogP contribution in [0.1, 0.15) is 27.7 Å². The van der Waals surface area contributed by atoms with Crippen LogP contribution in [0.3, 0.4) is 0 Å². The van der Waals surface area contributed by atoms with Crippen LogP contribution >= 0.6 is 11.3 Å². The van der Waals surface area contributed by atoms with Gasteiger partial charge in [0.05, 0.1) is 0 Å². The van der Waals surface area contributed by atoms with Crippen molar-refractivity contribution in [3.05, 3.63) is 11.6 Å². The smallest absolute Gasteiger partial charge is 0.262 e.